The molecular formula is C16H14N4O4S. The van der Waals surface area contributed by atoms with E-state index in [0.29, 0.717) is 16.6 Å². The van der Waals surface area contributed by atoms with E-state index in [2.05, 4.69) is 15.4 Å². The number of methoxy groups -OCH3 is 1. The number of anilines is 1. The van der Waals surface area contributed by atoms with Crippen molar-refractivity contribution in [3.05, 3.63) is 41.4 Å². The van der Waals surface area contributed by atoms with Crippen LogP contribution in [0.4, 0.5) is 5.82 Å². The second-order valence-corrected chi connectivity index (χ2v) is 5.89. The Kier molecular flexibility index (Phi) is 4.48. The third-order valence-corrected chi connectivity index (χ3v) is 4.11. The van der Waals surface area contributed by atoms with E-state index in [1.165, 1.54) is 17.0 Å². The van der Waals surface area contributed by atoms with Gasteiger partial charge in [0.1, 0.15) is 11.6 Å². The first kappa shape index (κ1) is 16.7. The fraction of sp³-hybridized carbons (Fsp3) is 0.125. The minimum atomic E-state index is -1.12. The predicted molar refractivity (Wildman–Crippen MR) is 92.5 cm³/mol. The molecule has 8 nitrogen and oxygen atoms in total. The van der Waals surface area contributed by atoms with E-state index in [-0.39, 0.29) is 11.6 Å². The van der Waals surface area contributed by atoms with Gasteiger partial charge in [0.15, 0.2) is 5.69 Å². The van der Waals surface area contributed by atoms with Crippen LogP contribution in [0.2, 0.25) is 0 Å². The highest BCUT2D eigenvalue weighted by Gasteiger charge is 2.17. The Morgan fingerprint density at radius 2 is 2.00 bits per heavy atom. The lowest BCUT2D eigenvalue weighted by Gasteiger charge is -2.03. The smallest absolute Gasteiger partial charge is 0.355 e. The van der Waals surface area contributed by atoms with Gasteiger partial charge in [-0.05, 0) is 24.3 Å². The van der Waals surface area contributed by atoms with Gasteiger partial charge >= 0.3 is 5.97 Å². The Morgan fingerprint density at radius 3 is 2.56 bits per heavy atom. The molecule has 0 spiro atoms. The number of aromatic nitrogens is 3. The van der Waals surface area contributed by atoms with E-state index in [1.54, 1.807) is 25.3 Å². The van der Waals surface area contributed by atoms with Gasteiger partial charge in [-0.15, -0.1) is 11.3 Å². The van der Waals surface area contributed by atoms with Crippen molar-refractivity contribution in [3.63, 3.8) is 0 Å². The van der Waals surface area contributed by atoms with Gasteiger partial charge in [-0.25, -0.2) is 9.78 Å². The van der Waals surface area contributed by atoms with E-state index in [0.717, 1.165) is 22.6 Å². The first-order valence-electron chi connectivity index (χ1n) is 7.19. The number of hydrogen-bond acceptors (Lipinski definition) is 6. The Hall–Kier alpha value is -3.20. The zero-order chi connectivity index (χ0) is 18.0. The van der Waals surface area contributed by atoms with Crippen molar-refractivity contribution in [2.24, 2.45) is 0 Å². The molecule has 0 atom stereocenters. The molecule has 3 rings (SSSR count). The molecule has 128 valence electrons. The minimum Gasteiger partial charge on any atom is -0.497 e. The standard InChI is InChI=1S/C16H14N4O4S/c1-9(21)17-14-7-12(10-3-5-11(24-2)6-4-10)19-20(14)16-18-13(8-25-16)15(22)23/h3-8H,1-2H3,(H,17,21)(H,22,23). The van der Waals surface area contributed by atoms with Gasteiger partial charge in [0, 0.05) is 23.9 Å². The molecule has 2 aromatic heterocycles. The number of amides is 1. The lowest BCUT2D eigenvalue weighted by molar-refractivity contribution is -0.114. The molecule has 2 N–H and O–H groups in total. The molecule has 1 aromatic carbocycles. The molecule has 0 saturated heterocycles. The number of aromatic carboxylic acids is 1. The summed E-state index contributed by atoms with van der Waals surface area (Å²) in [5.41, 5.74) is 1.36. The highest BCUT2D eigenvalue weighted by Crippen LogP contribution is 2.27. The highest BCUT2D eigenvalue weighted by molar-refractivity contribution is 7.12. The molecule has 25 heavy (non-hydrogen) atoms. The maximum atomic E-state index is 11.5. The number of carboxylic acid groups (broad SMARTS) is 1. The summed E-state index contributed by atoms with van der Waals surface area (Å²) in [5.74, 6) is -0.260. The van der Waals surface area contributed by atoms with Crippen LogP contribution in [0, 0.1) is 0 Å². The van der Waals surface area contributed by atoms with Gasteiger partial charge in [0.25, 0.3) is 0 Å². The molecule has 0 aliphatic heterocycles. The molecule has 0 fully saturated rings. The maximum Gasteiger partial charge on any atom is 0.355 e. The molecule has 0 unspecified atom stereocenters. The van der Waals surface area contributed by atoms with Crippen LogP contribution in [0.25, 0.3) is 16.4 Å². The number of carboxylic acids is 1. The molecule has 0 aliphatic rings. The lowest BCUT2D eigenvalue weighted by Crippen LogP contribution is -2.11. The molecule has 3 aromatic rings. The molecule has 0 radical (unpaired) electrons. The summed E-state index contributed by atoms with van der Waals surface area (Å²) in [7, 11) is 1.58. The summed E-state index contributed by atoms with van der Waals surface area (Å²) in [6.45, 7) is 1.38. The van der Waals surface area contributed by atoms with Crippen LogP contribution in [0.5, 0.6) is 5.75 Å². The number of ether oxygens (including phenoxy) is 1. The maximum absolute atomic E-state index is 11.5. The van der Waals surface area contributed by atoms with E-state index in [9.17, 15) is 9.59 Å². The summed E-state index contributed by atoms with van der Waals surface area (Å²) in [6.07, 6.45) is 0. The van der Waals surface area contributed by atoms with Crippen LogP contribution in [0.15, 0.2) is 35.7 Å². The predicted octanol–water partition coefficient (Wildman–Crippen LogP) is 2.66. The Morgan fingerprint density at radius 1 is 1.28 bits per heavy atom. The summed E-state index contributed by atoms with van der Waals surface area (Å²) in [6, 6.07) is 8.99. The number of rotatable bonds is 5. The number of carbonyl (C=O) groups is 2. The van der Waals surface area contributed by atoms with E-state index < -0.39 is 5.97 Å². The lowest BCUT2D eigenvalue weighted by atomic mass is 10.1. The first-order chi connectivity index (χ1) is 12.0. The average Bonchev–Trinajstić information content (AvgIpc) is 3.21. The van der Waals surface area contributed by atoms with Gasteiger partial charge < -0.3 is 15.2 Å². The van der Waals surface area contributed by atoms with Gasteiger partial charge in [0.05, 0.1) is 12.8 Å². The largest absolute Gasteiger partial charge is 0.497 e. The number of nitrogens with one attached hydrogen (secondary N) is 1. The van der Waals surface area contributed by atoms with Gasteiger partial charge in [-0.2, -0.15) is 9.78 Å². The third-order valence-electron chi connectivity index (χ3n) is 3.29. The summed E-state index contributed by atoms with van der Waals surface area (Å²) < 4.78 is 6.55. The number of thiazole rings is 1. The number of hydrogen-bond donors (Lipinski definition) is 2. The van der Waals surface area contributed by atoms with Crippen LogP contribution in [-0.2, 0) is 4.79 Å². The minimum absolute atomic E-state index is 0.0738. The molecule has 0 saturated carbocycles. The third kappa shape index (κ3) is 3.50. The fourth-order valence-electron chi connectivity index (χ4n) is 2.16. The van der Waals surface area contributed by atoms with Crippen molar-refractivity contribution in [2.45, 2.75) is 6.92 Å². The van der Waals surface area contributed by atoms with Crippen molar-refractivity contribution >= 4 is 29.0 Å². The zero-order valence-electron chi connectivity index (χ0n) is 13.4. The summed E-state index contributed by atoms with van der Waals surface area (Å²) in [4.78, 5) is 26.5. The van der Waals surface area contributed by atoms with Crippen LogP contribution in [0.1, 0.15) is 17.4 Å². The van der Waals surface area contributed by atoms with Gasteiger partial charge in [0.2, 0.25) is 11.0 Å². The molecule has 0 bridgehead atoms. The van der Waals surface area contributed by atoms with Crippen LogP contribution >= 0.6 is 11.3 Å². The zero-order valence-corrected chi connectivity index (χ0v) is 14.2. The molecule has 0 aliphatic carbocycles. The monoisotopic (exact) mass is 358 g/mol. The summed E-state index contributed by atoms with van der Waals surface area (Å²) >= 11 is 1.12. The quantitative estimate of drug-likeness (QED) is 0.726. The highest BCUT2D eigenvalue weighted by atomic mass is 32.1. The van der Waals surface area contributed by atoms with E-state index in [4.69, 9.17) is 9.84 Å². The Bertz CT molecular complexity index is 930. The van der Waals surface area contributed by atoms with Crippen LogP contribution in [-0.4, -0.2) is 38.9 Å². The van der Waals surface area contributed by atoms with Crippen molar-refractivity contribution < 1.29 is 19.4 Å². The van der Waals surface area contributed by atoms with Crippen molar-refractivity contribution in [1.29, 1.82) is 0 Å². The average molecular weight is 358 g/mol. The first-order valence-corrected chi connectivity index (χ1v) is 8.07. The van der Waals surface area contributed by atoms with E-state index in [1.807, 2.05) is 12.1 Å². The Labute approximate surface area is 146 Å². The number of nitrogens with zero attached hydrogens (tertiary/aromatic N) is 3. The molecule has 9 heteroatoms. The van der Waals surface area contributed by atoms with Crippen LogP contribution < -0.4 is 10.1 Å². The fourth-order valence-corrected chi connectivity index (χ4v) is 2.92. The molecular weight excluding hydrogens is 344 g/mol. The topological polar surface area (TPSA) is 106 Å². The summed E-state index contributed by atoms with van der Waals surface area (Å²) in [5, 5.41) is 17.9. The normalized spacial score (nSPS) is 10.5. The van der Waals surface area contributed by atoms with Crippen molar-refractivity contribution in [3.8, 4) is 22.1 Å². The molecule has 1 amide bonds. The van der Waals surface area contributed by atoms with Gasteiger partial charge in [-0.3, -0.25) is 4.79 Å². The van der Waals surface area contributed by atoms with Crippen LogP contribution in [0.3, 0.4) is 0 Å². The second kappa shape index (κ2) is 6.73. The SMILES string of the molecule is COc1ccc(-c2cc(NC(C)=O)n(-c3nc(C(=O)O)cs3)n2)cc1. The molecule has 2 heterocycles. The van der Waals surface area contributed by atoms with Crippen molar-refractivity contribution in [1.82, 2.24) is 14.8 Å². The van der Waals surface area contributed by atoms with Gasteiger partial charge in [-0.1, -0.05) is 0 Å². The van der Waals surface area contributed by atoms with Crippen molar-refractivity contribution in [2.75, 3.05) is 12.4 Å². The number of carbonyl (C=O) groups excluding carboxylic acids is 1. The van der Waals surface area contributed by atoms with E-state index >= 15 is 0 Å². The number of benzene rings is 1. The Balaban J connectivity index is 2.04. The second-order valence-electron chi connectivity index (χ2n) is 5.06.